The van der Waals surface area contributed by atoms with Gasteiger partial charge in [-0.15, -0.1) is 0 Å². The second-order valence-electron chi connectivity index (χ2n) is 3.28. The smallest absolute Gasteiger partial charge is 0.174 e. The predicted molar refractivity (Wildman–Crippen MR) is 54.2 cm³/mol. The lowest BCUT2D eigenvalue weighted by Gasteiger charge is -1.95. The molecule has 0 spiro atoms. The minimum atomic E-state index is -0.0834. The Morgan fingerprint density at radius 3 is 3.00 bits per heavy atom. The number of carbonyl (C=O) groups excluding carboxylic acids is 1. The highest BCUT2D eigenvalue weighted by Crippen LogP contribution is 2.10. The number of rotatable bonds is 3. The second kappa shape index (κ2) is 3.56. The number of nitrogens with one attached hydrogen (secondary N) is 1. The Morgan fingerprint density at radius 2 is 2.47 bits per heavy atom. The third kappa shape index (κ3) is 1.88. The maximum absolute atomic E-state index is 11.7. The van der Waals surface area contributed by atoms with Crippen LogP contribution in [-0.4, -0.2) is 25.8 Å². The van der Waals surface area contributed by atoms with E-state index in [1.54, 1.807) is 24.0 Å². The van der Waals surface area contributed by atoms with E-state index in [2.05, 4.69) is 15.3 Å². The van der Waals surface area contributed by atoms with Crippen LogP contribution in [0.2, 0.25) is 0 Å². The van der Waals surface area contributed by atoms with Crippen LogP contribution in [0, 0.1) is 0 Å². The number of Topliss-reactive ketones (excluding diaryl/α,β-unsaturated/α-hetero) is 1. The van der Waals surface area contributed by atoms with E-state index in [0.717, 1.165) is 5.69 Å². The molecule has 0 amide bonds. The van der Waals surface area contributed by atoms with Gasteiger partial charge in [-0.05, 0) is 6.07 Å². The van der Waals surface area contributed by atoms with Gasteiger partial charge in [-0.1, -0.05) is 0 Å². The van der Waals surface area contributed by atoms with Crippen LogP contribution in [0.3, 0.4) is 0 Å². The standard InChI is InChI=1S/C9H11N5O/c1-14-3-2-6(13-14)4-8(15)7-5-11-12-9(7)10/h2-3,5H,4H2,1H3,(H3,10,11,12). The summed E-state index contributed by atoms with van der Waals surface area (Å²) in [6, 6.07) is 1.80. The molecule has 0 fully saturated rings. The predicted octanol–water partition coefficient (Wildman–Crippen LogP) is 0.151. The van der Waals surface area contributed by atoms with Crippen LogP contribution in [-0.2, 0) is 13.5 Å². The Kier molecular flexibility index (Phi) is 2.24. The van der Waals surface area contributed by atoms with Gasteiger partial charge in [0.2, 0.25) is 0 Å². The molecule has 0 saturated heterocycles. The van der Waals surface area contributed by atoms with Crippen molar-refractivity contribution in [2.45, 2.75) is 6.42 Å². The minimum absolute atomic E-state index is 0.0834. The Morgan fingerprint density at radius 1 is 1.67 bits per heavy atom. The van der Waals surface area contributed by atoms with Crippen LogP contribution in [0.5, 0.6) is 0 Å². The van der Waals surface area contributed by atoms with E-state index in [4.69, 9.17) is 5.73 Å². The van der Waals surface area contributed by atoms with Crippen LogP contribution in [0.15, 0.2) is 18.5 Å². The van der Waals surface area contributed by atoms with E-state index in [1.165, 1.54) is 6.20 Å². The number of nitrogen functional groups attached to an aromatic ring is 1. The highest BCUT2D eigenvalue weighted by atomic mass is 16.1. The molecule has 15 heavy (non-hydrogen) atoms. The number of anilines is 1. The topological polar surface area (TPSA) is 89.6 Å². The fourth-order valence-corrected chi connectivity index (χ4v) is 1.34. The number of hydrogen-bond acceptors (Lipinski definition) is 4. The van der Waals surface area contributed by atoms with Crippen molar-refractivity contribution in [1.29, 1.82) is 0 Å². The molecule has 6 heteroatoms. The normalized spacial score (nSPS) is 10.5. The van der Waals surface area contributed by atoms with Gasteiger partial charge in [-0.3, -0.25) is 14.6 Å². The van der Waals surface area contributed by atoms with E-state index >= 15 is 0 Å². The molecule has 2 heterocycles. The zero-order valence-corrected chi connectivity index (χ0v) is 8.27. The quantitative estimate of drug-likeness (QED) is 0.698. The largest absolute Gasteiger partial charge is 0.383 e. The van der Waals surface area contributed by atoms with Crippen molar-refractivity contribution >= 4 is 11.6 Å². The summed E-state index contributed by atoms with van der Waals surface area (Å²) in [4.78, 5) is 11.7. The fraction of sp³-hybridized carbons (Fsp3) is 0.222. The van der Waals surface area contributed by atoms with Gasteiger partial charge in [-0.2, -0.15) is 10.2 Å². The van der Waals surface area contributed by atoms with Gasteiger partial charge in [0.1, 0.15) is 5.82 Å². The van der Waals surface area contributed by atoms with Gasteiger partial charge < -0.3 is 5.73 Å². The molecule has 3 N–H and O–H groups in total. The van der Waals surface area contributed by atoms with Gasteiger partial charge >= 0.3 is 0 Å². The maximum Gasteiger partial charge on any atom is 0.174 e. The van der Waals surface area contributed by atoms with Gasteiger partial charge in [0.05, 0.1) is 23.9 Å². The molecule has 2 rings (SSSR count). The monoisotopic (exact) mass is 205 g/mol. The van der Waals surface area contributed by atoms with Crippen LogP contribution in [0.1, 0.15) is 16.1 Å². The highest BCUT2D eigenvalue weighted by Gasteiger charge is 2.13. The van der Waals surface area contributed by atoms with E-state index in [0.29, 0.717) is 11.4 Å². The van der Waals surface area contributed by atoms with E-state index < -0.39 is 0 Å². The highest BCUT2D eigenvalue weighted by molar-refractivity contribution is 6.00. The molecule has 2 aromatic heterocycles. The molecule has 0 saturated carbocycles. The lowest BCUT2D eigenvalue weighted by Crippen LogP contribution is -2.06. The molecule has 0 aliphatic heterocycles. The van der Waals surface area contributed by atoms with E-state index in [-0.39, 0.29) is 12.2 Å². The summed E-state index contributed by atoms with van der Waals surface area (Å²) in [6.45, 7) is 0. The van der Waals surface area contributed by atoms with Crippen molar-refractivity contribution < 1.29 is 4.79 Å². The number of ketones is 1. The zero-order chi connectivity index (χ0) is 10.8. The molecule has 0 atom stereocenters. The van der Waals surface area contributed by atoms with Crippen molar-refractivity contribution in [3.05, 3.63) is 29.7 Å². The van der Waals surface area contributed by atoms with Crippen LogP contribution >= 0.6 is 0 Å². The number of aryl methyl sites for hydroxylation is 1. The van der Waals surface area contributed by atoms with E-state index in [9.17, 15) is 4.79 Å². The minimum Gasteiger partial charge on any atom is -0.383 e. The van der Waals surface area contributed by atoms with Gasteiger partial charge in [0, 0.05) is 13.2 Å². The summed E-state index contributed by atoms with van der Waals surface area (Å²) in [5.41, 5.74) is 6.68. The van der Waals surface area contributed by atoms with Crippen molar-refractivity contribution in [2.75, 3.05) is 5.73 Å². The number of aromatic nitrogens is 4. The molecule has 0 aliphatic carbocycles. The lowest BCUT2D eigenvalue weighted by atomic mass is 10.1. The summed E-state index contributed by atoms with van der Waals surface area (Å²) in [5, 5.41) is 10.3. The van der Waals surface area contributed by atoms with Gasteiger partial charge in [0.15, 0.2) is 5.78 Å². The number of aromatic amines is 1. The molecule has 0 unspecified atom stereocenters. The Labute approximate surface area is 86.1 Å². The fourth-order valence-electron chi connectivity index (χ4n) is 1.34. The first-order valence-electron chi connectivity index (χ1n) is 4.47. The Bertz CT molecular complexity index is 484. The molecule has 0 radical (unpaired) electrons. The molecular weight excluding hydrogens is 194 g/mol. The second-order valence-corrected chi connectivity index (χ2v) is 3.28. The van der Waals surface area contributed by atoms with Crippen LogP contribution < -0.4 is 5.73 Å². The van der Waals surface area contributed by atoms with Crippen LogP contribution in [0.4, 0.5) is 5.82 Å². The first-order chi connectivity index (χ1) is 7.16. The first kappa shape index (κ1) is 9.45. The molecule has 2 aromatic rings. The Hall–Kier alpha value is -2.11. The molecule has 0 aromatic carbocycles. The van der Waals surface area contributed by atoms with Gasteiger partial charge in [-0.25, -0.2) is 0 Å². The molecule has 0 aliphatic rings. The summed E-state index contributed by atoms with van der Waals surface area (Å²) >= 11 is 0. The number of H-pyrrole nitrogens is 1. The Balaban J connectivity index is 2.14. The van der Waals surface area contributed by atoms with E-state index in [1.807, 2.05) is 0 Å². The molecule has 0 bridgehead atoms. The average Bonchev–Trinajstić information content (AvgIpc) is 2.75. The maximum atomic E-state index is 11.7. The van der Waals surface area contributed by atoms with Crippen molar-refractivity contribution in [3.8, 4) is 0 Å². The number of hydrogen-bond donors (Lipinski definition) is 2. The molecule has 78 valence electrons. The number of nitrogens with zero attached hydrogens (tertiary/aromatic N) is 3. The van der Waals surface area contributed by atoms with Crippen molar-refractivity contribution in [2.24, 2.45) is 7.05 Å². The molecular formula is C9H11N5O. The van der Waals surface area contributed by atoms with Gasteiger partial charge in [0.25, 0.3) is 0 Å². The van der Waals surface area contributed by atoms with Crippen LogP contribution in [0.25, 0.3) is 0 Å². The van der Waals surface area contributed by atoms with Crippen molar-refractivity contribution in [1.82, 2.24) is 20.0 Å². The molecule has 6 nitrogen and oxygen atoms in total. The summed E-state index contributed by atoms with van der Waals surface area (Å²) < 4.78 is 1.65. The lowest BCUT2D eigenvalue weighted by molar-refractivity contribution is 0.0992. The average molecular weight is 205 g/mol. The number of nitrogens with two attached hydrogens (primary N) is 1. The first-order valence-corrected chi connectivity index (χ1v) is 4.47. The SMILES string of the molecule is Cn1ccc(CC(=O)c2cn[nH]c2N)n1. The summed E-state index contributed by atoms with van der Waals surface area (Å²) in [6.07, 6.45) is 3.46. The van der Waals surface area contributed by atoms with Crippen molar-refractivity contribution in [3.63, 3.8) is 0 Å². The summed E-state index contributed by atoms with van der Waals surface area (Å²) in [5.74, 6) is 0.218. The number of carbonyl (C=O) groups is 1. The third-order valence-corrected chi connectivity index (χ3v) is 2.08. The summed E-state index contributed by atoms with van der Waals surface area (Å²) in [7, 11) is 1.81. The third-order valence-electron chi connectivity index (χ3n) is 2.08. The zero-order valence-electron chi connectivity index (χ0n) is 8.27.